The monoisotopic (exact) mass is 244 g/mol. The van der Waals surface area contributed by atoms with E-state index >= 15 is 0 Å². The van der Waals surface area contributed by atoms with E-state index in [0.29, 0.717) is 6.54 Å². The van der Waals surface area contributed by atoms with Crippen LogP contribution in [0.5, 0.6) is 0 Å². The number of hydrogen-bond donors (Lipinski definition) is 2. The van der Waals surface area contributed by atoms with Crippen molar-refractivity contribution in [1.82, 2.24) is 14.5 Å². The van der Waals surface area contributed by atoms with Gasteiger partial charge in [0.2, 0.25) is 10.0 Å². The Balaban J connectivity index is 2.03. The Morgan fingerprint density at radius 3 is 2.75 bits per heavy atom. The fourth-order valence-electron chi connectivity index (χ4n) is 1.67. The molecule has 6 nitrogen and oxygen atoms in total. The van der Waals surface area contributed by atoms with Crippen LogP contribution in [0.4, 0.5) is 0 Å². The van der Waals surface area contributed by atoms with E-state index in [9.17, 15) is 8.42 Å². The van der Waals surface area contributed by atoms with Gasteiger partial charge in [-0.1, -0.05) is 0 Å². The molecule has 1 aromatic heterocycles. The van der Waals surface area contributed by atoms with Crippen molar-refractivity contribution in [3.63, 3.8) is 0 Å². The lowest BCUT2D eigenvalue weighted by Gasteiger charge is -2.37. The molecule has 0 aliphatic heterocycles. The minimum atomic E-state index is -3.46. The topological polar surface area (TPSA) is 90.0 Å². The highest BCUT2D eigenvalue weighted by molar-refractivity contribution is 7.89. The molecule has 0 unspecified atom stereocenters. The highest BCUT2D eigenvalue weighted by Crippen LogP contribution is 2.28. The zero-order valence-electron chi connectivity index (χ0n) is 9.18. The molecular formula is C9H16N4O2S. The molecule has 16 heavy (non-hydrogen) atoms. The maximum Gasteiger partial charge on any atom is 0.243 e. The van der Waals surface area contributed by atoms with Crippen LogP contribution in [0.3, 0.4) is 0 Å². The second-order valence-corrected chi connectivity index (χ2v) is 6.16. The Hall–Kier alpha value is -0.920. The highest BCUT2D eigenvalue weighted by atomic mass is 32.2. The molecule has 1 aliphatic carbocycles. The fourth-order valence-corrected chi connectivity index (χ4v) is 2.79. The van der Waals surface area contributed by atoms with Gasteiger partial charge in [0.1, 0.15) is 4.90 Å². The molecule has 1 heterocycles. The lowest BCUT2D eigenvalue weighted by Crippen LogP contribution is -2.54. The molecular weight excluding hydrogens is 228 g/mol. The average Bonchev–Trinajstić information content (AvgIpc) is 2.60. The van der Waals surface area contributed by atoms with Crippen molar-refractivity contribution >= 4 is 10.0 Å². The fraction of sp³-hybridized carbons (Fsp3) is 0.667. The van der Waals surface area contributed by atoms with Crippen LogP contribution >= 0.6 is 0 Å². The smallest absolute Gasteiger partial charge is 0.243 e. The van der Waals surface area contributed by atoms with Crippen molar-refractivity contribution in [1.29, 1.82) is 0 Å². The van der Waals surface area contributed by atoms with Crippen LogP contribution in [0.2, 0.25) is 0 Å². The quantitative estimate of drug-likeness (QED) is 0.752. The lowest BCUT2D eigenvalue weighted by atomic mass is 9.78. The zero-order chi connectivity index (χ0) is 11.8. The molecule has 1 aromatic rings. The summed E-state index contributed by atoms with van der Waals surface area (Å²) in [7, 11) is -1.79. The number of sulfonamides is 1. The number of aromatic nitrogens is 2. The van der Waals surface area contributed by atoms with Crippen LogP contribution in [0.1, 0.15) is 19.3 Å². The zero-order valence-corrected chi connectivity index (χ0v) is 10.00. The van der Waals surface area contributed by atoms with E-state index in [0.717, 1.165) is 19.3 Å². The van der Waals surface area contributed by atoms with Gasteiger partial charge in [0, 0.05) is 25.3 Å². The predicted octanol–water partition coefficient (Wildman–Crippen LogP) is -0.420. The first kappa shape index (κ1) is 11.6. The van der Waals surface area contributed by atoms with Crippen molar-refractivity contribution in [2.75, 3.05) is 6.54 Å². The molecule has 2 rings (SSSR count). The maximum atomic E-state index is 11.8. The number of aryl methyl sites for hydroxylation is 1. The molecule has 0 atom stereocenters. The second kappa shape index (κ2) is 3.83. The normalized spacial score (nSPS) is 19.4. The lowest BCUT2D eigenvalue weighted by molar-refractivity contribution is 0.251. The predicted molar refractivity (Wildman–Crippen MR) is 59.2 cm³/mol. The summed E-state index contributed by atoms with van der Waals surface area (Å²) in [5, 5.41) is 3.83. The number of rotatable bonds is 4. The molecule has 1 aliphatic rings. The van der Waals surface area contributed by atoms with E-state index < -0.39 is 10.0 Å². The number of hydrogen-bond acceptors (Lipinski definition) is 4. The summed E-state index contributed by atoms with van der Waals surface area (Å²) in [6.45, 7) is 0.296. The molecule has 90 valence electrons. The van der Waals surface area contributed by atoms with Crippen molar-refractivity contribution in [2.45, 2.75) is 29.7 Å². The average molecular weight is 244 g/mol. The summed E-state index contributed by atoms with van der Waals surface area (Å²) in [5.74, 6) is 0. The molecule has 0 radical (unpaired) electrons. The first-order valence-corrected chi connectivity index (χ1v) is 6.67. The Morgan fingerprint density at radius 1 is 1.62 bits per heavy atom. The van der Waals surface area contributed by atoms with E-state index in [1.165, 1.54) is 17.1 Å². The minimum Gasteiger partial charge on any atom is -0.324 e. The van der Waals surface area contributed by atoms with Crippen LogP contribution in [-0.4, -0.2) is 30.3 Å². The summed E-state index contributed by atoms with van der Waals surface area (Å²) < 4.78 is 27.6. The SMILES string of the molecule is Cn1cc(S(=O)(=O)NCC2(N)CCC2)cn1. The Bertz CT molecular complexity index is 475. The summed E-state index contributed by atoms with van der Waals surface area (Å²) in [5.41, 5.74) is 5.59. The summed E-state index contributed by atoms with van der Waals surface area (Å²) >= 11 is 0. The van der Waals surface area contributed by atoms with Gasteiger partial charge in [-0.3, -0.25) is 4.68 Å². The van der Waals surface area contributed by atoms with Gasteiger partial charge < -0.3 is 5.73 Å². The standard InChI is InChI=1S/C9H16N4O2S/c1-13-6-8(5-11-13)16(14,15)12-7-9(10)3-2-4-9/h5-6,12H,2-4,7,10H2,1H3. The van der Waals surface area contributed by atoms with Crippen molar-refractivity contribution in [3.05, 3.63) is 12.4 Å². The summed E-state index contributed by atoms with van der Waals surface area (Å²) in [6.07, 6.45) is 5.62. The molecule has 3 N–H and O–H groups in total. The first-order valence-electron chi connectivity index (χ1n) is 5.19. The van der Waals surface area contributed by atoms with Gasteiger partial charge in [0.05, 0.1) is 6.20 Å². The van der Waals surface area contributed by atoms with E-state index in [4.69, 9.17) is 5.73 Å². The highest BCUT2D eigenvalue weighted by Gasteiger charge is 2.33. The second-order valence-electron chi connectivity index (χ2n) is 4.39. The van der Waals surface area contributed by atoms with Gasteiger partial charge in [0.25, 0.3) is 0 Å². The third-order valence-electron chi connectivity index (χ3n) is 2.96. The third-order valence-corrected chi connectivity index (χ3v) is 4.31. The van der Waals surface area contributed by atoms with Crippen molar-refractivity contribution < 1.29 is 8.42 Å². The van der Waals surface area contributed by atoms with E-state index in [2.05, 4.69) is 9.82 Å². The van der Waals surface area contributed by atoms with Crippen molar-refractivity contribution in [3.8, 4) is 0 Å². The third kappa shape index (κ3) is 2.26. The summed E-state index contributed by atoms with van der Waals surface area (Å²) in [4.78, 5) is 0.179. The van der Waals surface area contributed by atoms with E-state index in [1.807, 2.05) is 0 Å². The number of nitrogens with one attached hydrogen (secondary N) is 1. The summed E-state index contributed by atoms with van der Waals surface area (Å²) in [6, 6.07) is 0. The molecule has 1 saturated carbocycles. The molecule has 0 saturated heterocycles. The first-order chi connectivity index (χ1) is 7.41. The largest absolute Gasteiger partial charge is 0.324 e. The van der Waals surface area contributed by atoms with Gasteiger partial charge in [-0.2, -0.15) is 5.10 Å². The molecule has 0 spiro atoms. The molecule has 0 amide bonds. The van der Waals surface area contributed by atoms with Crippen LogP contribution in [-0.2, 0) is 17.1 Å². The van der Waals surface area contributed by atoms with Crippen LogP contribution in [0.25, 0.3) is 0 Å². The van der Waals surface area contributed by atoms with Crippen molar-refractivity contribution in [2.24, 2.45) is 12.8 Å². The van der Waals surface area contributed by atoms with Crippen LogP contribution in [0.15, 0.2) is 17.3 Å². The molecule has 0 aromatic carbocycles. The van der Waals surface area contributed by atoms with Gasteiger partial charge in [-0.15, -0.1) is 0 Å². The maximum absolute atomic E-state index is 11.8. The van der Waals surface area contributed by atoms with E-state index in [1.54, 1.807) is 7.05 Å². The van der Waals surface area contributed by atoms with Gasteiger partial charge in [-0.05, 0) is 19.3 Å². The molecule has 1 fully saturated rings. The van der Waals surface area contributed by atoms with Gasteiger partial charge >= 0.3 is 0 Å². The number of nitrogens with two attached hydrogens (primary N) is 1. The Kier molecular flexibility index (Phi) is 2.77. The molecule has 0 bridgehead atoms. The van der Waals surface area contributed by atoms with Crippen LogP contribution < -0.4 is 10.5 Å². The minimum absolute atomic E-state index is 0.179. The molecule has 7 heteroatoms. The van der Waals surface area contributed by atoms with Gasteiger partial charge in [0.15, 0.2) is 0 Å². The van der Waals surface area contributed by atoms with Gasteiger partial charge in [-0.25, -0.2) is 13.1 Å². The Morgan fingerprint density at radius 2 is 2.31 bits per heavy atom. The Labute approximate surface area is 94.9 Å². The number of nitrogens with zero attached hydrogens (tertiary/aromatic N) is 2. The van der Waals surface area contributed by atoms with Crippen LogP contribution in [0, 0.1) is 0 Å². The van der Waals surface area contributed by atoms with E-state index in [-0.39, 0.29) is 10.4 Å².